The zero-order valence-electron chi connectivity index (χ0n) is 25.2. The van der Waals surface area contributed by atoms with Gasteiger partial charge in [-0.05, 0) is 81.5 Å². The minimum Gasteiger partial charge on any atom is -0.487 e. The van der Waals surface area contributed by atoms with Crippen molar-refractivity contribution in [2.24, 2.45) is 0 Å². The van der Waals surface area contributed by atoms with Crippen molar-refractivity contribution < 1.29 is 19.4 Å². The Balaban J connectivity index is 1.39. The minimum absolute atomic E-state index is 0.0169. The van der Waals surface area contributed by atoms with Crippen molar-refractivity contribution in [1.82, 2.24) is 14.9 Å². The number of aliphatic hydroxyl groups is 1. The lowest BCUT2D eigenvalue weighted by Gasteiger charge is -2.25. The molecule has 0 bridgehead atoms. The smallest absolute Gasteiger partial charge is 0.253 e. The quantitative estimate of drug-likeness (QED) is 0.171. The largest absolute Gasteiger partial charge is 0.487 e. The molecule has 0 saturated carbocycles. The molecule has 7 nitrogen and oxygen atoms in total. The molecule has 0 spiro atoms. The van der Waals surface area contributed by atoms with Gasteiger partial charge in [-0.25, -0.2) is 0 Å². The molecule has 1 aliphatic heterocycles. The third kappa shape index (κ3) is 5.77. The summed E-state index contributed by atoms with van der Waals surface area (Å²) in [6.45, 7) is 8.59. The Hall–Kier alpha value is -4.49. The second-order valence-corrected chi connectivity index (χ2v) is 11.8. The second kappa shape index (κ2) is 12.0. The highest BCUT2D eigenvalue weighted by molar-refractivity contribution is 6.02. The van der Waals surface area contributed by atoms with Gasteiger partial charge in [0.05, 0.1) is 36.1 Å². The number of nitrogens with zero attached hydrogens (tertiary/aromatic N) is 1. The van der Waals surface area contributed by atoms with Gasteiger partial charge in [0.1, 0.15) is 0 Å². The topological polar surface area (TPSA) is 88.5 Å². The summed E-state index contributed by atoms with van der Waals surface area (Å²) in [5.41, 5.74) is 7.68. The van der Waals surface area contributed by atoms with Crippen molar-refractivity contribution in [3.8, 4) is 34.0 Å². The van der Waals surface area contributed by atoms with Gasteiger partial charge in [-0.3, -0.25) is 4.79 Å². The first kappa shape index (κ1) is 28.6. The highest BCUT2D eigenvalue weighted by atomic mass is 16.5. The van der Waals surface area contributed by atoms with E-state index in [1.807, 2.05) is 88.5 Å². The molecule has 0 aliphatic carbocycles. The molecule has 6 rings (SSSR count). The van der Waals surface area contributed by atoms with Gasteiger partial charge in [-0.15, -0.1) is 0 Å². The number of rotatable bonds is 10. The number of ether oxygens (including phenoxy) is 2. The lowest BCUT2D eigenvalue weighted by Crippen LogP contribution is -2.39. The monoisotopic (exact) mass is 577 g/mol. The first-order chi connectivity index (χ1) is 20.8. The normalized spacial score (nSPS) is 13.2. The molecule has 0 saturated heterocycles. The number of carbonyl (C=O) groups is 1. The molecule has 222 valence electrons. The zero-order chi connectivity index (χ0) is 30.1. The Kier molecular flexibility index (Phi) is 8.00. The van der Waals surface area contributed by atoms with Gasteiger partial charge >= 0.3 is 0 Å². The SMILES string of the molecule is CC(C)Oc1cc2c(cc1OC(C)C)-c1cc(C(=O)N[C@@H](CO)Cc3c[nH]c4ccccc34)c(-c3ccccc3)n1CC2. The van der Waals surface area contributed by atoms with Crippen molar-refractivity contribution >= 4 is 16.8 Å². The second-order valence-electron chi connectivity index (χ2n) is 11.8. The number of H-pyrrole nitrogens is 1. The summed E-state index contributed by atoms with van der Waals surface area (Å²) in [6.07, 6.45) is 3.27. The van der Waals surface area contributed by atoms with Gasteiger partial charge in [-0.2, -0.15) is 0 Å². The van der Waals surface area contributed by atoms with Crippen LogP contribution in [-0.2, 0) is 19.4 Å². The van der Waals surface area contributed by atoms with Crippen LogP contribution in [0.1, 0.15) is 49.2 Å². The van der Waals surface area contributed by atoms with Crippen LogP contribution in [0.2, 0.25) is 0 Å². The standard InChI is InChI=1S/C36H39N3O4/c1-22(2)42-33-17-25-14-15-39-32(29(25)19-34(33)43-23(3)4)18-30(35(39)24-10-6-5-7-11-24)36(41)38-27(21-40)16-26-20-37-31-13-9-8-12-28(26)31/h5-13,17-20,22-23,27,37,40H,14-16,21H2,1-4H3,(H,38,41)/t27-/m1/s1. The Labute approximate surface area is 252 Å². The van der Waals surface area contributed by atoms with Crippen LogP contribution in [0.4, 0.5) is 0 Å². The lowest BCUT2D eigenvalue weighted by molar-refractivity contribution is 0.0917. The predicted octanol–water partition coefficient (Wildman–Crippen LogP) is 6.77. The van der Waals surface area contributed by atoms with Gasteiger partial charge < -0.3 is 29.4 Å². The molecule has 3 heterocycles. The van der Waals surface area contributed by atoms with Crippen LogP contribution in [0.3, 0.4) is 0 Å². The molecule has 2 aromatic heterocycles. The summed E-state index contributed by atoms with van der Waals surface area (Å²) in [6, 6.07) is 23.8. The molecule has 3 aromatic carbocycles. The molecule has 5 aromatic rings. The Bertz CT molecular complexity index is 1750. The summed E-state index contributed by atoms with van der Waals surface area (Å²) in [5, 5.41) is 14.5. The summed E-state index contributed by atoms with van der Waals surface area (Å²) in [7, 11) is 0. The van der Waals surface area contributed by atoms with Crippen LogP contribution < -0.4 is 14.8 Å². The molecule has 7 heteroatoms. The minimum atomic E-state index is -0.443. The molecule has 1 atom stereocenters. The average Bonchev–Trinajstić information content (AvgIpc) is 3.59. The van der Waals surface area contributed by atoms with Gasteiger partial charge in [-0.1, -0.05) is 48.5 Å². The van der Waals surface area contributed by atoms with Crippen LogP contribution >= 0.6 is 0 Å². The number of hydrogen-bond donors (Lipinski definition) is 3. The summed E-state index contributed by atoms with van der Waals surface area (Å²) < 4.78 is 14.6. The number of hydrogen-bond acceptors (Lipinski definition) is 4. The summed E-state index contributed by atoms with van der Waals surface area (Å²) in [5.74, 6) is 1.23. The van der Waals surface area contributed by atoms with E-state index in [1.165, 1.54) is 0 Å². The number of aliphatic hydroxyl groups excluding tert-OH is 1. The van der Waals surface area contributed by atoms with Crippen molar-refractivity contribution in [3.05, 3.63) is 95.7 Å². The first-order valence-corrected chi connectivity index (χ1v) is 15.1. The average molecular weight is 578 g/mol. The van der Waals surface area contributed by atoms with Crippen molar-refractivity contribution in [2.45, 2.75) is 65.3 Å². The van der Waals surface area contributed by atoms with Crippen molar-refractivity contribution in [2.75, 3.05) is 6.61 Å². The first-order valence-electron chi connectivity index (χ1n) is 15.1. The van der Waals surface area contributed by atoms with E-state index in [0.717, 1.165) is 63.3 Å². The third-order valence-corrected chi connectivity index (χ3v) is 7.86. The number of para-hydroxylation sites is 1. The number of aromatic nitrogens is 2. The van der Waals surface area contributed by atoms with E-state index >= 15 is 0 Å². The molecule has 3 N–H and O–H groups in total. The third-order valence-electron chi connectivity index (χ3n) is 7.86. The van der Waals surface area contributed by atoms with Gasteiger partial charge in [0.25, 0.3) is 5.91 Å². The Morgan fingerprint density at radius 1 is 0.953 bits per heavy atom. The van der Waals surface area contributed by atoms with Gasteiger partial charge in [0.15, 0.2) is 11.5 Å². The van der Waals surface area contributed by atoms with Gasteiger partial charge in [0.2, 0.25) is 0 Å². The maximum absolute atomic E-state index is 14.0. The Morgan fingerprint density at radius 3 is 2.37 bits per heavy atom. The highest BCUT2D eigenvalue weighted by Gasteiger charge is 2.29. The van der Waals surface area contributed by atoms with E-state index in [0.29, 0.717) is 17.7 Å². The van der Waals surface area contributed by atoms with Crippen LogP contribution in [0.15, 0.2) is 79.0 Å². The molecule has 0 unspecified atom stereocenters. The van der Waals surface area contributed by atoms with E-state index in [9.17, 15) is 9.90 Å². The molecule has 1 amide bonds. The van der Waals surface area contributed by atoms with Gasteiger partial charge in [0, 0.05) is 34.9 Å². The fraction of sp³-hybridized carbons (Fsp3) is 0.306. The summed E-state index contributed by atoms with van der Waals surface area (Å²) in [4.78, 5) is 17.3. The number of benzene rings is 3. The highest BCUT2D eigenvalue weighted by Crippen LogP contribution is 2.43. The zero-order valence-corrected chi connectivity index (χ0v) is 25.2. The number of aromatic amines is 1. The maximum atomic E-state index is 14.0. The van der Waals surface area contributed by atoms with E-state index in [1.54, 1.807) is 0 Å². The van der Waals surface area contributed by atoms with E-state index in [2.05, 4.69) is 33.1 Å². The number of fused-ring (bicyclic) bond motifs is 4. The van der Waals surface area contributed by atoms with Crippen LogP contribution in [-0.4, -0.2) is 45.4 Å². The molecular formula is C36H39N3O4. The number of carbonyl (C=O) groups excluding carboxylic acids is 1. The maximum Gasteiger partial charge on any atom is 0.253 e. The van der Waals surface area contributed by atoms with E-state index < -0.39 is 6.04 Å². The fourth-order valence-corrected chi connectivity index (χ4v) is 6.05. The van der Waals surface area contributed by atoms with E-state index in [4.69, 9.17) is 9.47 Å². The predicted molar refractivity (Wildman–Crippen MR) is 171 cm³/mol. The molecule has 0 fully saturated rings. The number of amides is 1. The fourth-order valence-electron chi connectivity index (χ4n) is 6.05. The molecule has 0 radical (unpaired) electrons. The van der Waals surface area contributed by atoms with Crippen LogP contribution in [0.25, 0.3) is 33.4 Å². The van der Waals surface area contributed by atoms with Crippen LogP contribution in [0, 0.1) is 0 Å². The number of nitrogens with one attached hydrogen (secondary N) is 2. The number of aryl methyl sites for hydroxylation is 1. The summed E-state index contributed by atoms with van der Waals surface area (Å²) >= 11 is 0. The lowest BCUT2D eigenvalue weighted by atomic mass is 9.97. The van der Waals surface area contributed by atoms with E-state index in [-0.39, 0.29) is 24.7 Å². The Morgan fingerprint density at radius 2 is 1.65 bits per heavy atom. The molecule has 1 aliphatic rings. The van der Waals surface area contributed by atoms with Crippen LogP contribution in [0.5, 0.6) is 11.5 Å². The van der Waals surface area contributed by atoms with Crippen molar-refractivity contribution in [3.63, 3.8) is 0 Å². The molecule has 43 heavy (non-hydrogen) atoms. The van der Waals surface area contributed by atoms with Crippen molar-refractivity contribution in [1.29, 1.82) is 0 Å². The molecular weight excluding hydrogens is 538 g/mol.